The molecule has 3 amide bonds. The molecule has 0 aromatic carbocycles. The van der Waals surface area contributed by atoms with E-state index in [9.17, 15) is 24.3 Å². The molecule has 0 heterocycles. The molecule has 0 saturated carbocycles. The number of imide groups is 1. The minimum absolute atomic E-state index is 0.290. The molecule has 10 nitrogen and oxygen atoms in total. The molecular weight excluding hydrogens is 396 g/mol. The summed E-state index contributed by atoms with van der Waals surface area (Å²) in [5, 5.41) is 9.74. The Balaban J connectivity index is 6.11. The lowest BCUT2D eigenvalue weighted by Gasteiger charge is -2.34. The Kier molecular flexibility index (Phi) is 9.31. The molecule has 0 radical (unpaired) electrons. The van der Waals surface area contributed by atoms with E-state index in [0.717, 1.165) is 0 Å². The minimum Gasteiger partial charge on any atom is -0.458 e. The Labute approximate surface area is 178 Å². The first kappa shape index (κ1) is 27.6. The SMILES string of the molecule is CC(C)(C)OC(=O)C(CCC(O)C(N)=O)N(C(=O)OC(C)(C)C)C(=O)OC(C)(C)C. The number of esters is 1. The molecule has 0 aromatic heterocycles. The smallest absolute Gasteiger partial charge is 0.420 e. The van der Waals surface area contributed by atoms with Gasteiger partial charge in [-0.1, -0.05) is 0 Å². The summed E-state index contributed by atoms with van der Waals surface area (Å²) in [6.07, 6.45) is -4.41. The van der Waals surface area contributed by atoms with Gasteiger partial charge in [-0.2, -0.15) is 4.90 Å². The summed E-state index contributed by atoms with van der Waals surface area (Å²) in [4.78, 5) is 50.2. The monoisotopic (exact) mass is 432 g/mol. The number of rotatable bonds is 6. The van der Waals surface area contributed by atoms with E-state index in [1.165, 1.54) is 0 Å². The molecule has 0 aromatic rings. The zero-order valence-electron chi connectivity index (χ0n) is 19.4. The van der Waals surface area contributed by atoms with Gasteiger partial charge in [0.2, 0.25) is 5.91 Å². The molecule has 0 aliphatic heterocycles. The van der Waals surface area contributed by atoms with Gasteiger partial charge in [-0.25, -0.2) is 14.4 Å². The molecule has 174 valence electrons. The minimum atomic E-state index is -1.57. The third-order valence-corrected chi connectivity index (χ3v) is 3.21. The van der Waals surface area contributed by atoms with Crippen molar-refractivity contribution in [2.45, 2.75) is 104 Å². The van der Waals surface area contributed by atoms with Crippen LogP contribution in [-0.2, 0) is 23.8 Å². The highest BCUT2D eigenvalue weighted by atomic mass is 16.6. The summed E-state index contributed by atoms with van der Waals surface area (Å²) in [7, 11) is 0. The molecule has 0 bridgehead atoms. The molecular formula is C20H36N2O8. The van der Waals surface area contributed by atoms with Crippen LogP contribution in [-0.4, -0.2) is 63.0 Å². The predicted molar refractivity (Wildman–Crippen MR) is 108 cm³/mol. The summed E-state index contributed by atoms with van der Waals surface area (Å²) in [6, 6.07) is -1.51. The molecule has 0 saturated heterocycles. The number of carbonyl (C=O) groups excluding carboxylic acids is 4. The van der Waals surface area contributed by atoms with Gasteiger partial charge < -0.3 is 25.1 Å². The highest BCUT2D eigenvalue weighted by molar-refractivity contribution is 5.94. The standard InChI is InChI=1S/C20H36N2O8/c1-18(2,3)28-15(25)12(10-11-13(23)14(21)24)22(16(26)29-19(4,5)6)17(27)30-20(7,8)9/h12-13,23H,10-11H2,1-9H3,(H2,21,24). The van der Waals surface area contributed by atoms with Crippen molar-refractivity contribution in [3.05, 3.63) is 0 Å². The second-order valence-electron chi connectivity index (χ2n) is 9.88. The van der Waals surface area contributed by atoms with Gasteiger partial charge in [0, 0.05) is 0 Å². The van der Waals surface area contributed by atoms with E-state index >= 15 is 0 Å². The van der Waals surface area contributed by atoms with Crippen molar-refractivity contribution in [3.8, 4) is 0 Å². The van der Waals surface area contributed by atoms with Crippen LogP contribution in [0.3, 0.4) is 0 Å². The number of aliphatic hydroxyl groups is 1. The Hall–Kier alpha value is -2.36. The summed E-state index contributed by atoms with van der Waals surface area (Å²) in [5.74, 6) is -1.92. The van der Waals surface area contributed by atoms with E-state index in [-0.39, 0.29) is 12.8 Å². The van der Waals surface area contributed by atoms with E-state index in [1.54, 1.807) is 62.3 Å². The number of primary amides is 1. The summed E-state index contributed by atoms with van der Waals surface area (Å²) < 4.78 is 15.9. The Morgan fingerprint density at radius 2 is 1.13 bits per heavy atom. The number of amides is 3. The summed E-state index contributed by atoms with van der Waals surface area (Å²) in [5.41, 5.74) is 2.20. The number of nitrogens with two attached hydrogens (primary N) is 1. The highest BCUT2D eigenvalue weighted by Gasteiger charge is 2.42. The highest BCUT2D eigenvalue weighted by Crippen LogP contribution is 2.22. The number of ether oxygens (including phenoxy) is 3. The lowest BCUT2D eigenvalue weighted by molar-refractivity contribution is -0.161. The Morgan fingerprint density at radius 3 is 1.43 bits per heavy atom. The number of hydrogen-bond acceptors (Lipinski definition) is 8. The van der Waals surface area contributed by atoms with Crippen LogP contribution < -0.4 is 5.73 Å². The van der Waals surface area contributed by atoms with E-state index in [0.29, 0.717) is 4.90 Å². The van der Waals surface area contributed by atoms with Crippen molar-refractivity contribution in [2.24, 2.45) is 5.73 Å². The van der Waals surface area contributed by atoms with Gasteiger partial charge in [0.1, 0.15) is 28.9 Å². The fourth-order valence-electron chi connectivity index (χ4n) is 2.13. The molecule has 2 unspecified atom stereocenters. The van der Waals surface area contributed by atoms with E-state index in [1.807, 2.05) is 0 Å². The lowest BCUT2D eigenvalue weighted by Crippen LogP contribution is -2.53. The molecule has 0 aliphatic rings. The van der Waals surface area contributed by atoms with Crippen molar-refractivity contribution < 1.29 is 38.5 Å². The van der Waals surface area contributed by atoms with E-state index < -0.39 is 53.0 Å². The van der Waals surface area contributed by atoms with Crippen LogP contribution in [0.25, 0.3) is 0 Å². The topological polar surface area (TPSA) is 145 Å². The number of hydrogen-bond donors (Lipinski definition) is 2. The maximum Gasteiger partial charge on any atom is 0.420 e. The van der Waals surface area contributed by atoms with Crippen molar-refractivity contribution in [3.63, 3.8) is 0 Å². The van der Waals surface area contributed by atoms with Crippen molar-refractivity contribution >= 4 is 24.1 Å². The first-order valence-corrected chi connectivity index (χ1v) is 9.69. The molecule has 10 heteroatoms. The maximum absolute atomic E-state index is 12.8. The van der Waals surface area contributed by atoms with Crippen LogP contribution in [0.5, 0.6) is 0 Å². The Morgan fingerprint density at radius 1 is 0.767 bits per heavy atom. The largest absolute Gasteiger partial charge is 0.458 e. The second kappa shape index (κ2) is 10.1. The van der Waals surface area contributed by atoms with E-state index in [4.69, 9.17) is 19.9 Å². The summed E-state index contributed by atoms with van der Waals surface area (Å²) in [6.45, 7) is 14.4. The molecule has 3 N–H and O–H groups in total. The molecule has 0 spiro atoms. The Bertz CT molecular complexity index is 613. The van der Waals surface area contributed by atoms with E-state index in [2.05, 4.69) is 0 Å². The zero-order valence-corrected chi connectivity index (χ0v) is 19.4. The van der Waals surface area contributed by atoms with Gasteiger partial charge in [-0.05, 0) is 75.2 Å². The fourth-order valence-corrected chi connectivity index (χ4v) is 2.13. The van der Waals surface area contributed by atoms with Gasteiger partial charge in [0.25, 0.3) is 0 Å². The first-order chi connectivity index (χ1) is 13.2. The molecule has 0 aliphatic carbocycles. The number of aliphatic hydroxyl groups excluding tert-OH is 1. The van der Waals surface area contributed by atoms with Gasteiger partial charge in [0.15, 0.2) is 0 Å². The first-order valence-electron chi connectivity index (χ1n) is 9.69. The average molecular weight is 433 g/mol. The fraction of sp³-hybridized carbons (Fsp3) is 0.800. The molecule has 2 atom stereocenters. The predicted octanol–water partition coefficient (Wildman–Crippen LogP) is 2.50. The van der Waals surface area contributed by atoms with Crippen LogP contribution >= 0.6 is 0 Å². The van der Waals surface area contributed by atoms with Gasteiger partial charge in [-0.3, -0.25) is 4.79 Å². The summed E-state index contributed by atoms with van der Waals surface area (Å²) >= 11 is 0. The lowest BCUT2D eigenvalue weighted by atomic mass is 10.1. The molecule has 0 fully saturated rings. The molecule has 30 heavy (non-hydrogen) atoms. The number of carbonyl (C=O) groups is 4. The van der Waals surface area contributed by atoms with Gasteiger partial charge >= 0.3 is 18.2 Å². The third-order valence-electron chi connectivity index (χ3n) is 3.21. The van der Waals surface area contributed by atoms with Crippen LogP contribution in [0.2, 0.25) is 0 Å². The number of nitrogens with zero attached hydrogens (tertiary/aromatic N) is 1. The van der Waals surface area contributed by atoms with Crippen molar-refractivity contribution in [1.82, 2.24) is 4.90 Å². The van der Waals surface area contributed by atoms with Crippen molar-refractivity contribution in [1.29, 1.82) is 0 Å². The quantitative estimate of drug-likeness (QED) is 0.481. The zero-order chi connectivity index (χ0) is 24.1. The molecule has 0 rings (SSSR count). The second-order valence-corrected chi connectivity index (χ2v) is 9.88. The van der Waals surface area contributed by atoms with Crippen LogP contribution in [0.15, 0.2) is 0 Å². The van der Waals surface area contributed by atoms with Crippen LogP contribution in [0.4, 0.5) is 9.59 Å². The van der Waals surface area contributed by atoms with Crippen LogP contribution in [0, 0.1) is 0 Å². The van der Waals surface area contributed by atoms with Crippen molar-refractivity contribution in [2.75, 3.05) is 0 Å². The van der Waals surface area contributed by atoms with Crippen LogP contribution in [0.1, 0.15) is 75.2 Å². The maximum atomic E-state index is 12.8. The van der Waals surface area contributed by atoms with Gasteiger partial charge in [0.05, 0.1) is 0 Å². The third kappa shape index (κ3) is 11.0. The van der Waals surface area contributed by atoms with Gasteiger partial charge in [-0.15, -0.1) is 0 Å². The average Bonchev–Trinajstić information content (AvgIpc) is 2.44. The normalized spacial score (nSPS) is 14.3.